The van der Waals surface area contributed by atoms with Crippen molar-refractivity contribution >= 4 is 44.6 Å². The molecule has 2 N–H and O–H groups in total. The summed E-state index contributed by atoms with van der Waals surface area (Å²) in [5.41, 5.74) is 1.56. The van der Waals surface area contributed by atoms with Gasteiger partial charge in [-0.05, 0) is 92.2 Å². The van der Waals surface area contributed by atoms with Gasteiger partial charge in [0.25, 0.3) is 0 Å². The number of carbonyl (C=O) groups excluding carboxylic acids is 2. The Labute approximate surface area is 359 Å². The number of piperidine rings is 2. The molecular formula is C43H43F4N11O4S. The predicted molar refractivity (Wildman–Crippen MR) is 225 cm³/mol. The molecule has 3 aromatic heterocycles. The van der Waals surface area contributed by atoms with Gasteiger partial charge in [-0.2, -0.15) is 27.7 Å². The fourth-order valence-corrected chi connectivity index (χ4v) is 10.2. The number of hydrogen-bond acceptors (Lipinski definition) is 10. The van der Waals surface area contributed by atoms with Gasteiger partial charge in [-0.1, -0.05) is 30.3 Å². The van der Waals surface area contributed by atoms with Crippen LogP contribution in [-0.2, 0) is 34.6 Å². The minimum absolute atomic E-state index is 0.0194. The van der Waals surface area contributed by atoms with Gasteiger partial charge in [-0.15, -0.1) is 0 Å². The van der Waals surface area contributed by atoms with Crippen molar-refractivity contribution in [2.75, 3.05) is 42.9 Å². The molecule has 0 atom stereocenters. The van der Waals surface area contributed by atoms with Crippen molar-refractivity contribution in [2.45, 2.75) is 61.7 Å². The number of amides is 3. The first kappa shape index (κ1) is 42.1. The highest BCUT2D eigenvalue weighted by Crippen LogP contribution is 2.37. The first-order valence-electron chi connectivity index (χ1n) is 20.6. The number of aromatic nitrogens is 6. The Morgan fingerprint density at radius 3 is 2.43 bits per heavy atom. The van der Waals surface area contributed by atoms with Crippen molar-refractivity contribution in [2.24, 2.45) is 7.05 Å². The number of fused-ring (bicyclic) bond motifs is 1. The number of para-hydroxylation sites is 1. The zero-order chi connectivity index (χ0) is 44.0. The molecule has 3 aliphatic rings. The largest absolute Gasteiger partial charge is 0.419 e. The molecular weight excluding hydrogens is 843 g/mol. The van der Waals surface area contributed by atoms with Crippen molar-refractivity contribution in [3.8, 4) is 16.9 Å². The van der Waals surface area contributed by atoms with Gasteiger partial charge < -0.3 is 5.32 Å². The lowest BCUT2D eigenvalue weighted by atomic mass is 9.89. The van der Waals surface area contributed by atoms with Gasteiger partial charge in [0.15, 0.2) is 5.82 Å². The van der Waals surface area contributed by atoms with E-state index in [1.807, 2.05) is 19.2 Å². The molecule has 20 heteroatoms. The summed E-state index contributed by atoms with van der Waals surface area (Å²) in [5, 5.41) is 15.0. The Balaban J connectivity index is 0.805. The summed E-state index contributed by atoms with van der Waals surface area (Å²) in [4.78, 5) is 36.4. The van der Waals surface area contributed by atoms with Crippen LogP contribution in [0.3, 0.4) is 0 Å². The van der Waals surface area contributed by atoms with Crippen LogP contribution in [0.4, 0.5) is 34.1 Å². The maximum atomic E-state index is 14.4. The summed E-state index contributed by atoms with van der Waals surface area (Å²) < 4.78 is 88.7. The van der Waals surface area contributed by atoms with E-state index in [0.717, 1.165) is 47.1 Å². The molecule has 3 saturated heterocycles. The van der Waals surface area contributed by atoms with Crippen molar-refractivity contribution in [3.63, 3.8) is 0 Å². The summed E-state index contributed by atoms with van der Waals surface area (Å²) in [6, 6.07) is 18.2. The third kappa shape index (κ3) is 8.61. The number of likely N-dealkylation sites (tertiary alicyclic amines) is 1. The van der Waals surface area contributed by atoms with Crippen LogP contribution in [0.15, 0.2) is 90.2 Å². The monoisotopic (exact) mass is 885 g/mol. The highest BCUT2D eigenvalue weighted by Gasteiger charge is 2.37. The number of alkyl halides is 3. The number of anilines is 2. The smallest absolute Gasteiger partial charge is 0.351 e. The first-order chi connectivity index (χ1) is 30.2. The maximum absolute atomic E-state index is 14.4. The molecule has 3 amide bonds. The van der Waals surface area contributed by atoms with Gasteiger partial charge in [0.05, 0.1) is 22.3 Å². The molecule has 3 fully saturated rings. The van der Waals surface area contributed by atoms with Crippen molar-refractivity contribution in [1.82, 2.24) is 44.1 Å². The zero-order valence-electron chi connectivity index (χ0n) is 34.1. The summed E-state index contributed by atoms with van der Waals surface area (Å²) in [5.74, 6) is -0.104. The number of halogens is 4. The first-order valence-corrected chi connectivity index (χ1v) is 22.1. The molecule has 63 heavy (non-hydrogen) atoms. The second kappa shape index (κ2) is 16.8. The Morgan fingerprint density at radius 1 is 0.905 bits per heavy atom. The zero-order valence-corrected chi connectivity index (χ0v) is 34.9. The van der Waals surface area contributed by atoms with Crippen molar-refractivity contribution < 1.29 is 35.6 Å². The highest BCUT2D eigenvalue weighted by atomic mass is 32.2. The summed E-state index contributed by atoms with van der Waals surface area (Å²) in [6.07, 6.45) is 1.15. The van der Waals surface area contributed by atoms with Crippen LogP contribution in [0.25, 0.3) is 27.8 Å². The fourth-order valence-electron chi connectivity index (χ4n) is 8.63. The number of aryl methyl sites for hydroxylation is 1. The minimum Gasteiger partial charge on any atom is -0.351 e. The van der Waals surface area contributed by atoms with Crippen LogP contribution >= 0.6 is 0 Å². The van der Waals surface area contributed by atoms with Crippen LogP contribution in [0.2, 0.25) is 0 Å². The molecule has 3 aliphatic heterocycles. The predicted octanol–water partition coefficient (Wildman–Crippen LogP) is 6.47. The maximum Gasteiger partial charge on any atom is 0.419 e. The van der Waals surface area contributed by atoms with Gasteiger partial charge in [-0.3, -0.25) is 24.6 Å². The SMILES string of the molecule is Cn1nc(N2CCC(=O)NC2=O)c2ccc(C3CCN(Cc4cccc(S(=O)(=O)N5CCC(Nc6ncc(C(F)(F)F)c(-c7cnn(-c8ccccc8F)c7)n6)CC5)c4)CC3)cc21. The fraction of sp³-hybridized carbons (Fsp3) is 0.349. The van der Waals surface area contributed by atoms with E-state index >= 15 is 0 Å². The Morgan fingerprint density at radius 2 is 1.68 bits per heavy atom. The molecule has 0 bridgehead atoms. The molecule has 0 radical (unpaired) electrons. The van der Waals surface area contributed by atoms with E-state index in [0.29, 0.717) is 37.3 Å². The second-order valence-corrected chi connectivity index (χ2v) is 18.0. The number of rotatable bonds is 10. The van der Waals surface area contributed by atoms with E-state index in [-0.39, 0.29) is 60.1 Å². The van der Waals surface area contributed by atoms with Crippen LogP contribution in [-0.4, -0.2) is 97.9 Å². The lowest BCUT2D eigenvalue weighted by Gasteiger charge is -2.33. The van der Waals surface area contributed by atoms with E-state index in [9.17, 15) is 35.6 Å². The van der Waals surface area contributed by atoms with E-state index < -0.39 is 39.3 Å². The molecule has 6 heterocycles. The Bertz CT molecular complexity index is 2810. The number of hydrogen-bond donors (Lipinski definition) is 2. The number of benzene rings is 3. The molecule has 0 spiro atoms. The van der Waals surface area contributed by atoms with Gasteiger partial charge in [0.1, 0.15) is 17.1 Å². The van der Waals surface area contributed by atoms with Gasteiger partial charge in [0, 0.05) is 69.0 Å². The van der Waals surface area contributed by atoms with E-state index in [1.54, 1.807) is 28.9 Å². The van der Waals surface area contributed by atoms with E-state index in [1.165, 1.54) is 45.4 Å². The van der Waals surface area contributed by atoms with Crippen molar-refractivity contribution in [1.29, 1.82) is 0 Å². The molecule has 0 unspecified atom stereocenters. The Hall–Kier alpha value is -6.25. The highest BCUT2D eigenvalue weighted by molar-refractivity contribution is 7.89. The number of sulfonamides is 1. The van der Waals surface area contributed by atoms with Crippen LogP contribution in [0, 0.1) is 5.82 Å². The van der Waals surface area contributed by atoms with E-state index in [2.05, 4.69) is 47.8 Å². The van der Waals surface area contributed by atoms with Gasteiger partial charge >= 0.3 is 12.2 Å². The average molecular weight is 886 g/mol. The molecule has 9 rings (SSSR count). The van der Waals surface area contributed by atoms with E-state index in [4.69, 9.17) is 0 Å². The lowest BCUT2D eigenvalue weighted by Crippen LogP contribution is -2.49. The Kier molecular flexibility index (Phi) is 11.2. The average Bonchev–Trinajstić information content (AvgIpc) is 3.89. The summed E-state index contributed by atoms with van der Waals surface area (Å²) >= 11 is 0. The van der Waals surface area contributed by atoms with Crippen molar-refractivity contribution in [3.05, 3.63) is 108 Å². The third-order valence-electron chi connectivity index (χ3n) is 12.0. The normalized spacial score (nSPS) is 17.7. The van der Waals surface area contributed by atoms with Gasteiger partial charge in [0.2, 0.25) is 21.9 Å². The van der Waals surface area contributed by atoms with Crippen LogP contribution in [0.1, 0.15) is 54.7 Å². The molecule has 3 aromatic carbocycles. The number of imide groups is 1. The lowest BCUT2D eigenvalue weighted by molar-refractivity contribution is -0.137. The second-order valence-electron chi connectivity index (χ2n) is 16.1. The topological polar surface area (TPSA) is 163 Å². The number of carbonyl (C=O) groups is 2. The minimum atomic E-state index is -4.77. The number of nitrogens with zero attached hydrogens (tertiary/aromatic N) is 9. The molecule has 6 aromatic rings. The summed E-state index contributed by atoms with van der Waals surface area (Å²) in [7, 11) is -2.00. The molecule has 0 saturated carbocycles. The number of urea groups is 1. The van der Waals surface area contributed by atoms with Crippen LogP contribution < -0.4 is 15.5 Å². The van der Waals surface area contributed by atoms with Gasteiger partial charge in [-0.25, -0.2) is 32.3 Å². The standard InChI is InChI=1S/C43H43F4N11O4S/c1-54-37-22-29(9-10-33(37)40(53-54)57-20-15-38(59)51-42(57)60)28-11-16-55(17-12-28)25-27-5-4-6-32(21-27)63(61,62)56-18-13-31(14-19-56)50-41-48-24-34(43(45,46)47)39(52-41)30-23-49-58(26-30)36-8-3-2-7-35(36)44/h2-10,21-24,26,28,31H,11-20,25H2,1H3,(H,48,50,52)(H,51,59,60). The quantitative estimate of drug-likeness (QED) is 0.146. The summed E-state index contributed by atoms with van der Waals surface area (Å²) in [6.45, 7) is 2.87. The molecule has 0 aliphatic carbocycles. The third-order valence-corrected chi connectivity index (χ3v) is 13.9. The molecule has 15 nitrogen and oxygen atoms in total. The number of nitrogens with one attached hydrogen (secondary N) is 2. The molecule has 328 valence electrons. The van der Waals surface area contributed by atoms with Crippen LogP contribution in [0.5, 0.6) is 0 Å².